The van der Waals surface area contributed by atoms with Crippen molar-refractivity contribution in [2.75, 3.05) is 26.2 Å². The molecule has 0 radical (unpaired) electrons. The quantitative estimate of drug-likeness (QED) is 0.780. The fourth-order valence-corrected chi connectivity index (χ4v) is 4.08. The number of piperidine rings is 2. The summed E-state index contributed by atoms with van der Waals surface area (Å²) in [4.78, 5) is 28.2. The second-order valence-corrected chi connectivity index (χ2v) is 7.60. The van der Waals surface area contributed by atoms with E-state index in [0.29, 0.717) is 25.3 Å². The van der Waals surface area contributed by atoms with Crippen LogP contribution in [0.4, 0.5) is 4.39 Å². The van der Waals surface area contributed by atoms with Crippen molar-refractivity contribution in [2.24, 2.45) is 5.92 Å². The van der Waals surface area contributed by atoms with E-state index in [1.54, 1.807) is 12.1 Å². The van der Waals surface area contributed by atoms with Crippen molar-refractivity contribution < 1.29 is 14.0 Å². The highest BCUT2D eigenvalue weighted by atomic mass is 19.1. The Morgan fingerprint density at radius 2 is 2.08 bits per heavy atom. The lowest BCUT2D eigenvalue weighted by molar-refractivity contribution is -0.136. The second kappa shape index (κ2) is 9.15. The average molecular weight is 360 g/mol. The Bertz CT molecular complexity index is 634. The predicted octanol–water partition coefficient (Wildman–Crippen LogP) is 3.40. The molecule has 2 aliphatic heterocycles. The van der Waals surface area contributed by atoms with Crippen LogP contribution in [0.2, 0.25) is 0 Å². The van der Waals surface area contributed by atoms with Gasteiger partial charge in [-0.15, -0.1) is 0 Å². The number of rotatable bonds is 6. The van der Waals surface area contributed by atoms with Crippen LogP contribution in [-0.2, 0) is 16.0 Å². The SMILES string of the molecule is O=C1CCCCN1CCC(=O)N1CCC[C@@H](CCc2cccc(F)c2)C1. The Kier molecular flexibility index (Phi) is 6.64. The Balaban J connectivity index is 1.43. The standard InChI is InChI=1S/C21H29FN2O2/c22-19-7-3-5-17(15-19)9-10-18-6-4-13-24(16-18)21(26)11-14-23-12-2-1-8-20(23)25/h3,5,7,15,18H,1-2,4,6,8-14,16H2/t18-/m0/s1. The fraction of sp³-hybridized carbons (Fsp3) is 0.619. The van der Waals surface area contributed by atoms with Gasteiger partial charge in [-0.05, 0) is 62.1 Å². The van der Waals surface area contributed by atoms with Gasteiger partial charge in [-0.25, -0.2) is 4.39 Å². The van der Waals surface area contributed by atoms with Crippen molar-refractivity contribution in [3.63, 3.8) is 0 Å². The summed E-state index contributed by atoms with van der Waals surface area (Å²) in [5, 5.41) is 0. The molecule has 0 spiro atoms. The summed E-state index contributed by atoms with van der Waals surface area (Å²) in [6.45, 7) is 2.97. The summed E-state index contributed by atoms with van der Waals surface area (Å²) in [6.07, 6.45) is 7.08. The van der Waals surface area contributed by atoms with Gasteiger partial charge in [-0.1, -0.05) is 12.1 Å². The molecular weight excluding hydrogens is 331 g/mol. The van der Waals surface area contributed by atoms with Crippen LogP contribution in [0.25, 0.3) is 0 Å². The van der Waals surface area contributed by atoms with Crippen molar-refractivity contribution in [1.29, 1.82) is 0 Å². The van der Waals surface area contributed by atoms with E-state index in [2.05, 4.69) is 0 Å². The van der Waals surface area contributed by atoms with Gasteiger partial charge in [-0.2, -0.15) is 0 Å². The van der Waals surface area contributed by atoms with Gasteiger partial charge in [0.2, 0.25) is 11.8 Å². The number of likely N-dealkylation sites (tertiary alicyclic amines) is 2. The molecule has 1 aromatic carbocycles. The minimum atomic E-state index is -0.185. The number of halogens is 1. The molecule has 0 unspecified atom stereocenters. The molecule has 26 heavy (non-hydrogen) atoms. The normalized spacial score (nSPS) is 21.1. The smallest absolute Gasteiger partial charge is 0.224 e. The molecule has 3 rings (SSSR count). The maximum atomic E-state index is 13.3. The van der Waals surface area contributed by atoms with E-state index in [1.807, 2.05) is 15.9 Å². The predicted molar refractivity (Wildman–Crippen MR) is 99.1 cm³/mol. The Morgan fingerprint density at radius 3 is 2.88 bits per heavy atom. The van der Waals surface area contributed by atoms with E-state index in [9.17, 15) is 14.0 Å². The van der Waals surface area contributed by atoms with Crippen LogP contribution in [0.15, 0.2) is 24.3 Å². The summed E-state index contributed by atoms with van der Waals surface area (Å²) < 4.78 is 13.3. The van der Waals surface area contributed by atoms with Crippen molar-refractivity contribution in [3.05, 3.63) is 35.6 Å². The maximum absolute atomic E-state index is 13.3. The van der Waals surface area contributed by atoms with E-state index < -0.39 is 0 Å². The van der Waals surface area contributed by atoms with Crippen LogP contribution in [0.1, 0.15) is 50.5 Å². The van der Waals surface area contributed by atoms with Crippen LogP contribution < -0.4 is 0 Å². The number of amides is 2. The third-order valence-electron chi connectivity index (χ3n) is 5.62. The van der Waals surface area contributed by atoms with Gasteiger partial charge in [0.1, 0.15) is 5.82 Å². The van der Waals surface area contributed by atoms with Crippen molar-refractivity contribution >= 4 is 11.8 Å². The summed E-state index contributed by atoms with van der Waals surface area (Å²) in [5.41, 5.74) is 1.03. The molecule has 1 atom stereocenters. The van der Waals surface area contributed by atoms with Crippen LogP contribution in [-0.4, -0.2) is 47.8 Å². The van der Waals surface area contributed by atoms with Gasteiger partial charge in [-0.3, -0.25) is 9.59 Å². The molecule has 5 heteroatoms. The average Bonchev–Trinajstić information content (AvgIpc) is 2.66. The minimum absolute atomic E-state index is 0.166. The van der Waals surface area contributed by atoms with Crippen LogP contribution >= 0.6 is 0 Å². The topological polar surface area (TPSA) is 40.6 Å². The van der Waals surface area contributed by atoms with E-state index in [0.717, 1.165) is 63.7 Å². The molecular formula is C21H29FN2O2. The lowest BCUT2D eigenvalue weighted by Gasteiger charge is -2.34. The molecule has 0 bridgehead atoms. The molecule has 0 aliphatic carbocycles. The van der Waals surface area contributed by atoms with Crippen molar-refractivity contribution in [3.8, 4) is 0 Å². The van der Waals surface area contributed by atoms with Crippen LogP contribution in [0.5, 0.6) is 0 Å². The van der Waals surface area contributed by atoms with Gasteiger partial charge >= 0.3 is 0 Å². The van der Waals surface area contributed by atoms with E-state index >= 15 is 0 Å². The summed E-state index contributed by atoms with van der Waals surface area (Å²) in [5.74, 6) is 0.650. The first-order chi connectivity index (χ1) is 12.6. The number of carbonyl (C=O) groups excluding carboxylic acids is 2. The fourth-order valence-electron chi connectivity index (χ4n) is 4.08. The summed E-state index contributed by atoms with van der Waals surface area (Å²) in [7, 11) is 0. The highest BCUT2D eigenvalue weighted by Crippen LogP contribution is 2.22. The molecule has 0 saturated carbocycles. The molecule has 4 nitrogen and oxygen atoms in total. The van der Waals surface area contributed by atoms with Gasteiger partial charge in [0.15, 0.2) is 0 Å². The van der Waals surface area contributed by atoms with Gasteiger partial charge in [0.25, 0.3) is 0 Å². The minimum Gasteiger partial charge on any atom is -0.342 e. The zero-order valence-electron chi connectivity index (χ0n) is 15.5. The Morgan fingerprint density at radius 1 is 1.19 bits per heavy atom. The van der Waals surface area contributed by atoms with E-state index in [4.69, 9.17) is 0 Å². The largest absolute Gasteiger partial charge is 0.342 e. The maximum Gasteiger partial charge on any atom is 0.224 e. The van der Waals surface area contributed by atoms with E-state index in [1.165, 1.54) is 6.07 Å². The number of benzene rings is 1. The lowest BCUT2D eigenvalue weighted by Crippen LogP contribution is -2.43. The molecule has 142 valence electrons. The monoisotopic (exact) mass is 360 g/mol. The summed E-state index contributed by atoms with van der Waals surface area (Å²) in [6, 6.07) is 6.78. The van der Waals surface area contributed by atoms with Gasteiger partial charge in [0, 0.05) is 39.0 Å². The molecule has 2 saturated heterocycles. The molecule has 2 heterocycles. The third-order valence-corrected chi connectivity index (χ3v) is 5.62. The van der Waals surface area contributed by atoms with E-state index in [-0.39, 0.29) is 17.6 Å². The number of hydrogen-bond donors (Lipinski definition) is 0. The lowest BCUT2D eigenvalue weighted by atomic mass is 9.91. The number of aryl methyl sites for hydroxylation is 1. The van der Waals surface area contributed by atoms with Crippen LogP contribution in [0, 0.1) is 11.7 Å². The van der Waals surface area contributed by atoms with Gasteiger partial charge < -0.3 is 9.80 Å². The number of nitrogens with zero attached hydrogens (tertiary/aromatic N) is 2. The number of hydrogen-bond acceptors (Lipinski definition) is 2. The zero-order chi connectivity index (χ0) is 18.4. The van der Waals surface area contributed by atoms with Crippen molar-refractivity contribution in [1.82, 2.24) is 9.80 Å². The highest BCUT2D eigenvalue weighted by Gasteiger charge is 2.25. The molecule has 2 fully saturated rings. The molecule has 0 aromatic heterocycles. The molecule has 1 aromatic rings. The van der Waals surface area contributed by atoms with Crippen LogP contribution in [0.3, 0.4) is 0 Å². The Hall–Kier alpha value is -1.91. The number of carbonyl (C=O) groups is 2. The Labute approximate surface area is 155 Å². The molecule has 2 aliphatic rings. The zero-order valence-corrected chi connectivity index (χ0v) is 15.5. The second-order valence-electron chi connectivity index (χ2n) is 7.60. The third kappa shape index (κ3) is 5.29. The first kappa shape index (κ1) is 18.9. The molecule has 0 N–H and O–H groups in total. The highest BCUT2D eigenvalue weighted by molar-refractivity contribution is 5.79. The van der Waals surface area contributed by atoms with Crippen molar-refractivity contribution in [2.45, 2.75) is 51.4 Å². The van der Waals surface area contributed by atoms with Gasteiger partial charge in [0.05, 0.1) is 0 Å². The first-order valence-corrected chi connectivity index (χ1v) is 9.92. The molecule has 2 amide bonds. The summed E-state index contributed by atoms with van der Waals surface area (Å²) >= 11 is 0. The first-order valence-electron chi connectivity index (χ1n) is 9.92.